The van der Waals surface area contributed by atoms with Gasteiger partial charge < -0.3 is 0 Å². The fourth-order valence-corrected chi connectivity index (χ4v) is 3.26. The number of hydrogen-bond acceptors (Lipinski definition) is 5. The number of rotatable bonds is 7. The topological polar surface area (TPSA) is 64.7 Å². The van der Waals surface area contributed by atoms with E-state index in [0.717, 1.165) is 44.8 Å². The summed E-state index contributed by atoms with van der Waals surface area (Å²) in [6.45, 7) is 8.09. The van der Waals surface area contributed by atoms with Gasteiger partial charge in [-0.15, -0.1) is 5.10 Å². The molecule has 7 nitrogen and oxygen atoms in total. The highest BCUT2D eigenvalue weighted by molar-refractivity contribution is 4.99. The molecule has 3 heterocycles. The Morgan fingerprint density at radius 1 is 1.30 bits per heavy atom. The van der Waals surface area contributed by atoms with Gasteiger partial charge in [-0.25, -0.2) is 4.68 Å². The van der Waals surface area contributed by atoms with Crippen molar-refractivity contribution in [2.75, 3.05) is 6.54 Å². The number of hydrogen-bond donors (Lipinski definition) is 0. The molecule has 0 bridgehead atoms. The van der Waals surface area contributed by atoms with E-state index in [2.05, 4.69) is 50.3 Å². The van der Waals surface area contributed by atoms with Gasteiger partial charge in [0.05, 0.1) is 19.3 Å². The maximum Gasteiger partial charge on any atom is 0.165 e. The van der Waals surface area contributed by atoms with Gasteiger partial charge in [-0.1, -0.05) is 19.8 Å². The van der Waals surface area contributed by atoms with Crippen molar-refractivity contribution in [3.8, 4) is 0 Å². The van der Waals surface area contributed by atoms with Gasteiger partial charge in [-0.3, -0.25) is 9.58 Å². The fourth-order valence-electron chi connectivity index (χ4n) is 3.26. The molecular weight excluding hydrogens is 290 g/mol. The van der Waals surface area contributed by atoms with Crippen LogP contribution in [0.2, 0.25) is 0 Å². The van der Waals surface area contributed by atoms with E-state index < -0.39 is 0 Å². The van der Waals surface area contributed by atoms with Crippen LogP contribution in [0.1, 0.15) is 50.4 Å². The highest BCUT2D eigenvalue weighted by Crippen LogP contribution is 2.20. The second-order valence-corrected chi connectivity index (χ2v) is 6.53. The summed E-state index contributed by atoms with van der Waals surface area (Å²) in [6, 6.07) is 0.513. The zero-order chi connectivity index (χ0) is 16.1. The van der Waals surface area contributed by atoms with Crippen LogP contribution in [0, 0.1) is 6.92 Å². The number of unbranched alkanes of at least 4 members (excludes halogenated alkanes) is 1. The second-order valence-electron chi connectivity index (χ2n) is 6.53. The lowest BCUT2D eigenvalue weighted by Gasteiger charge is -2.35. The first-order valence-corrected chi connectivity index (χ1v) is 8.74. The minimum Gasteiger partial charge on any atom is -0.291 e. The van der Waals surface area contributed by atoms with E-state index in [1.807, 2.05) is 10.9 Å². The maximum atomic E-state index is 4.44. The van der Waals surface area contributed by atoms with Crippen molar-refractivity contribution in [2.45, 2.75) is 71.6 Å². The van der Waals surface area contributed by atoms with Crippen molar-refractivity contribution in [2.24, 2.45) is 0 Å². The first kappa shape index (κ1) is 16.1. The van der Waals surface area contributed by atoms with Gasteiger partial charge in [0.15, 0.2) is 5.82 Å². The van der Waals surface area contributed by atoms with Crippen LogP contribution in [0.5, 0.6) is 0 Å². The third-order valence-electron chi connectivity index (χ3n) is 4.58. The molecule has 0 N–H and O–H groups in total. The molecule has 0 unspecified atom stereocenters. The summed E-state index contributed by atoms with van der Waals surface area (Å²) in [7, 11) is 0. The number of piperidine rings is 1. The van der Waals surface area contributed by atoms with Crippen molar-refractivity contribution < 1.29 is 0 Å². The molecule has 0 saturated carbocycles. The lowest BCUT2D eigenvalue weighted by atomic mass is 10.0. The van der Waals surface area contributed by atoms with E-state index in [-0.39, 0.29) is 0 Å². The minimum atomic E-state index is 0.513. The number of tetrazole rings is 1. The molecule has 1 saturated heterocycles. The molecular formula is C16H27N7. The van der Waals surface area contributed by atoms with Gasteiger partial charge in [0.1, 0.15) is 0 Å². The van der Waals surface area contributed by atoms with Gasteiger partial charge in [-0.05, 0) is 48.7 Å². The number of likely N-dealkylation sites (tertiary alicyclic amines) is 1. The summed E-state index contributed by atoms with van der Waals surface area (Å²) >= 11 is 0. The molecule has 0 spiro atoms. The first-order valence-electron chi connectivity index (χ1n) is 8.74. The summed E-state index contributed by atoms with van der Waals surface area (Å²) in [5.74, 6) is 0.988. The molecule has 2 aromatic rings. The Balaban J connectivity index is 1.65. The Morgan fingerprint density at radius 2 is 2.22 bits per heavy atom. The van der Waals surface area contributed by atoms with Gasteiger partial charge >= 0.3 is 0 Å². The van der Waals surface area contributed by atoms with Crippen LogP contribution in [0.4, 0.5) is 0 Å². The van der Waals surface area contributed by atoms with Crippen molar-refractivity contribution in [3.05, 3.63) is 23.8 Å². The SMILES string of the molecule is CCCCn1nnnc1CN1CCCC[C@H]1Cn1cc(C)cn1. The smallest absolute Gasteiger partial charge is 0.165 e. The predicted octanol–water partition coefficient (Wildman–Crippen LogP) is 2.03. The standard InChI is InChI=1S/C16H27N7/c1-3-4-9-23-16(18-19-20-23)13-21-8-6-5-7-15(21)12-22-11-14(2)10-17-22/h10-11,15H,3-9,12-13H2,1-2H3/t15-/m0/s1. The largest absolute Gasteiger partial charge is 0.291 e. The fraction of sp³-hybridized carbons (Fsp3) is 0.750. The Hall–Kier alpha value is -1.76. The molecule has 0 aliphatic carbocycles. The molecule has 7 heteroatoms. The minimum absolute atomic E-state index is 0.513. The molecule has 1 aliphatic rings. The molecule has 0 aromatic carbocycles. The quantitative estimate of drug-likeness (QED) is 0.782. The van der Waals surface area contributed by atoms with Crippen LogP contribution >= 0.6 is 0 Å². The molecule has 1 aliphatic heterocycles. The average molecular weight is 317 g/mol. The van der Waals surface area contributed by atoms with Crippen molar-refractivity contribution in [3.63, 3.8) is 0 Å². The monoisotopic (exact) mass is 317 g/mol. The van der Waals surface area contributed by atoms with Crippen LogP contribution in [-0.4, -0.2) is 47.5 Å². The van der Waals surface area contributed by atoms with Crippen molar-refractivity contribution in [1.82, 2.24) is 34.9 Å². The number of nitrogens with zero attached hydrogens (tertiary/aromatic N) is 7. The molecule has 2 aromatic heterocycles. The molecule has 0 amide bonds. The highest BCUT2D eigenvalue weighted by Gasteiger charge is 2.24. The van der Waals surface area contributed by atoms with Crippen LogP contribution < -0.4 is 0 Å². The third kappa shape index (κ3) is 4.16. The zero-order valence-corrected chi connectivity index (χ0v) is 14.2. The summed E-state index contributed by atoms with van der Waals surface area (Å²) in [4.78, 5) is 2.52. The lowest BCUT2D eigenvalue weighted by Crippen LogP contribution is -2.42. The van der Waals surface area contributed by atoms with Crippen LogP contribution in [0.3, 0.4) is 0 Å². The summed E-state index contributed by atoms with van der Waals surface area (Å²) in [5, 5.41) is 16.7. The van der Waals surface area contributed by atoms with E-state index in [0.29, 0.717) is 6.04 Å². The third-order valence-corrected chi connectivity index (χ3v) is 4.58. The second kappa shape index (κ2) is 7.68. The van der Waals surface area contributed by atoms with Gasteiger partial charge in [0, 0.05) is 18.8 Å². The van der Waals surface area contributed by atoms with E-state index in [9.17, 15) is 0 Å². The first-order chi connectivity index (χ1) is 11.3. The maximum absolute atomic E-state index is 4.44. The van der Waals surface area contributed by atoms with E-state index >= 15 is 0 Å². The number of aryl methyl sites for hydroxylation is 2. The Bertz CT molecular complexity index is 603. The Labute approximate surface area is 137 Å². The summed E-state index contributed by atoms with van der Waals surface area (Å²) < 4.78 is 4.03. The van der Waals surface area contributed by atoms with E-state index in [4.69, 9.17) is 0 Å². The number of aromatic nitrogens is 6. The van der Waals surface area contributed by atoms with Crippen LogP contribution in [-0.2, 0) is 19.6 Å². The highest BCUT2D eigenvalue weighted by atomic mass is 15.5. The molecule has 3 rings (SSSR count). The van der Waals surface area contributed by atoms with Crippen molar-refractivity contribution in [1.29, 1.82) is 0 Å². The predicted molar refractivity (Wildman–Crippen MR) is 87.7 cm³/mol. The van der Waals surface area contributed by atoms with Gasteiger partial charge in [-0.2, -0.15) is 5.10 Å². The Morgan fingerprint density at radius 3 is 3.00 bits per heavy atom. The van der Waals surface area contributed by atoms with Crippen molar-refractivity contribution >= 4 is 0 Å². The van der Waals surface area contributed by atoms with Crippen LogP contribution in [0.25, 0.3) is 0 Å². The van der Waals surface area contributed by atoms with E-state index in [1.54, 1.807) is 0 Å². The zero-order valence-electron chi connectivity index (χ0n) is 14.2. The lowest BCUT2D eigenvalue weighted by molar-refractivity contribution is 0.116. The molecule has 1 atom stereocenters. The normalized spacial score (nSPS) is 19.3. The van der Waals surface area contributed by atoms with Gasteiger partial charge in [0.2, 0.25) is 0 Å². The molecule has 23 heavy (non-hydrogen) atoms. The molecule has 0 radical (unpaired) electrons. The average Bonchev–Trinajstić information content (AvgIpc) is 3.16. The van der Waals surface area contributed by atoms with Gasteiger partial charge in [0.25, 0.3) is 0 Å². The van der Waals surface area contributed by atoms with E-state index in [1.165, 1.54) is 24.8 Å². The molecule has 126 valence electrons. The molecule has 1 fully saturated rings. The van der Waals surface area contributed by atoms with Crippen LogP contribution in [0.15, 0.2) is 12.4 Å². The summed E-state index contributed by atoms with van der Waals surface area (Å²) in [6.07, 6.45) is 10.1. The summed E-state index contributed by atoms with van der Waals surface area (Å²) in [5.41, 5.74) is 1.22. The Kier molecular flexibility index (Phi) is 5.38.